The summed E-state index contributed by atoms with van der Waals surface area (Å²) in [5, 5.41) is 13.6. The largest absolute Gasteiger partial charge is 0.478 e. The molecule has 0 aliphatic carbocycles. The molecule has 0 radical (unpaired) electrons. The summed E-state index contributed by atoms with van der Waals surface area (Å²) in [7, 11) is 0. The van der Waals surface area contributed by atoms with E-state index in [0.717, 1.165) is 6.54 Å². The van der Waals surface area contributed by atoms with Crippen LogP contribution in [0.15, 0.2) is 36.8 Å². The smallest absolute Gasteiger partial charge is 0.337 e. The van der Waals surface area contributed by atoms with E-state index in [1.165, 1.54) is 0 Å². The van der Waals surface area contributed by atoms with Crippen molar-refractivity contribution < 1.29 is 9.90 Å². The molecule has 0 saturated carbocycles. The van der Waals surface area contributed by atoms with E-state index in [4.69, 9.17) is 0 Å². The second-order valence-electron chi connectivity index (χ2n) is 4.12. The SMILES string of the molecule is CCn1ccc(-n2cnc3cccc(C(=O)O)c32)n1. The predicted molar refractivity (Wildman–Crippen MR) is 69.5 cm³/mol. The van der Waals surface area contributed by atoms with Crippen LogP contribution in [-0.2, 0) is 6.54 Å². The van der Waals surface area contributed by atoms with Gasteiger partial charge in [-0.15, -0.1) is 0 Å². The highest BCUT2D eigenvalue weighted by Gasteiger charge is 2.15. The Hall–Kier alpha value is -2.63. The van der Waals surface area contributed by atoms with Crippen molar-refractivity contribution in [3.63, 3.8) is 0 Å². The lowest BCUT2D eigenvalue weighted by molar-refractivity contribution is 0.0698. The van der Waals surface area contributed by atoms with Gasteiger partial charge in [-0.25, -0.2) is 9.78 Å². The summed E-state index contributed by atoms with van der Waals surface area (Å²) in [6.07, 6.45) is 3.45. The van der Waals surface area contributed by atoms with Crippen LogP contribution in [0.25, 0.3) is 16.9 Å². The topological polar surface area (TPSA) is 72.9 Å². The fraction of sp³-hybridized carbons (Fsp3) is 0.154. The summed E-state index contributed by atoms with van der Waals surface area (Å²) >= 11 is 0. The number of aromatic carboxylic acids is 1. The van der Waals surface area contributed by atoms with Crippen molar-refractivity contribution in [3.8, 4) is 5.82 Å². The van der Waals surface area contributed by atoms with Gasteiger partial charge in [-0.05, 0) is 19.1 Å². The van der Waals surface area contributed by atoms with Crippen molar-refractivity contribution in [3.05, 3.63) is 42.4 Å². The Bertz CT molecular complexity index is 757. The minimum atomic E-state index is -0.970. The molecule has 2 heterocycles. The molecule has 0 atom stereocenters. The van der Waals surface area contributed by atoms with Crippen molar-refractivity contribution in [2.24, 2.45) is 0 Å². The first kappa shape index (κ1) is 11.5. The van der Waals surface area contributed by atoms with Crippen LogP contribution in [-0.4, -0.2) is 30.4 Å². The monoisotopic (exact) mass is 256 g/mol. The minimum Gasteiger partial charge on any atom is -0.478 e. The number of carbonyl (C=O) groups is 1. The van der Waals surface area contributed by atoms with Crippen LogP contribution >= 0.6 is 0 Å². The molecule has 3 rings (SSSR count). The number of hydrogen-bond donors (Lipinski definition) is 1. The molecule has 0 aliphatic heterocycles. The van der Waals surface area contributed by atoms with Crippen molar-refractivity contribution in [2.45, 2.75) is 13.5 Å². The molecule has 1 N–H and O–H groups in total. The average Bonchev–Trinajstić information content (AvgIpc) is 3.03. The zero-order chi connectivity index (χ0) is 13.4. The predicted octanol–water partition coefficient (Wildman–Crippen LogP) is 1.94. The number of imidazole rings is 1. The molecule has 19 heavy (non-hydrogen) atoms. The number of aromatic nitrogens is 4. The van der Waals surface area contributed by atoms with E-state index in [0.29, 0.717) is 16.9 Å². The summed E-state index contributed by atoms with van der Waals surface area (Å²) in [4.78, 5) is 15.5. The van der Waals surface area contributed by atoms with Crippen LogP contribution in [0, 0.1) is 0 Å². The molecule has 3 aromatic rings. The molecular weight excluding hydrogens is 244 g/mol. The third-order valence-electron chi connectivity index (χ3n) is 3.00. The summed E-state index contributed by atoms with van der Waals surface area (Å²) < 4.78 is 3.48. The molecule has 2 aromatic heterocycles. The van der Waals surface area contributed by atoms with Crippen molar-refractivity contribution in [1.82, 2.24) is 19.3 Å². The zero-order valence-electron chi connectivity index (χ0n) is 10.3. The molecule has 6 nitrogen and oxygen atoms in total. The van der Waals surface area contributed by atoms with Crippen LogP contribution in [0.1, 0.15) is 17.3 Å². The third kappa shape index (κ3) is 1.77. The molecule has 0 amide bonds. The molecule has 0 spiro atoms. The first-order valence-electron chi connectivity index (χ1n) is 5.94. The first-order valence-corrected chi connectivity index (χ1v) is 5.94. The Kier molecular flexibility index (Phi) is 2.56. The fourth-order valence-corrected chi connectivity index (χ4v) is 2.07. The number of aryl methyl sites for hydroxylation is 1. The van der Waals surface area contributed by atoms with E-state index in [9.17, 15) is 9.90 Å². The van der Waals surface area contributed by atoms with Gasteiger partial charge in [0.15, 0.2) is 5.82 Å². The Morgan fingerprint density at radius 1 is 1.37 bits per heavy atom. The van der Waals surface area contributed by atoms with Gasteiger partial charge in [0.25, 0.3) is 0 Å². The zero-order valence-corrected chi connectivity index (χ0v) is 10.3. The Morgan fingerprint density at radius 2 is 2.21 bits per heavy atom. The maximum atomic E-state index is 11.3. The number of carboxylic acid groups (broad SMARTS) is 1. The number of fused-ring (bicyclic) bond motifs is 1. The van der Waals surface area contributed by atoms with Crippen LogP contribution < -0.4 is 0 Å². The fourth-order valence-electron chi connectivity index (χ4n) is 2.07. The number of para-hydroxylation sites is 1. The molecule has 0 aliphatic rings. The number of rotatable bonds is 3. The third-order valence-corrected chi connectivity index (χ3v) is 3.00. The molecule has 0 saturated heterocycles. The Morgan fingerprint density at radius 3 is 2.89 bits per heavy atom. The van der Waals surface area contributed by atoms with Gasteiger partial charge in [0.1, 0.15) is 6.33 Å². The molecular formula is C13H12N4O2. The van der Waals surface area contributed by atoms with E-state index in [1.807, 2.05) is 19.2 Å². The van der Waals surface area contributed by atoms with Gasteiger partial charge >= 0.3 is 5.97 Å². The summed E-state index contributed by atoms with van der Waals surface area (Å²) in [5.41, 5.74) is 1.43. The minimum absolute atomic E-state index is 0.223. The van der Waals surface area contributed by atoms with E-state index >= 15 is 0 Å². The maximum absolute atomic E-state index is 11.3. The second-order valence-corrected chi connectivity index (χ2v) is 4.12. The van der Waals surface area contributed by atoms with E-state index < -0.39 is 5.97 Å². The van der Waals surface area contributed by atoms with Gasteiger partial charge in [0, 0.05) is 18.8 Å². The summed E-state index contributed by atoms with van der Waals surface area (Å²) in [6.45, 7) is 2.75. The molecule has 0 fully saturated rings. The van der Waals surface area contributed by atoms with Gasteiger partial charge in [-0.1, -0.05) is 6.07 Å². The van der Waals surface area contributed by atoms with Gasteiger partial charge in [0.2, 0.25) is 0 Å². The number of hydrogen-bond acceptors (Lipinski definition) is 3. The van der Waals surface area contributed by atoms with E-state index in [1.54, 1.807) is 33.8 Å². The summed E-state index contributed by atoms with van der Waals surface area (Å²) in [6, 6.07) is 6.88. The molecule has 6 heteroatoms. The van der Waals surface area contributed by atoms with Crippen molar-refractivity contribution >= 4 is 17.0 Å². The quantitative estimate of drug-likeness (QED) is 0.777. The lowest BCUT2D eigenvalue weighted by Crippen LogP contribution is -2.03. The highest BCUT2D eigenvalue weighted by atomic mass is 16.4. The van der Waals surface area contributed by atoms with Crippen molar-refractivity contribution in [2.75, 3.05) is 0 Å². The van der Waals surface area contributed by atoms with E-state index in [2.05, 4.69) is 10.1 Å². The van der Waals surface area contributed by atoms with Crippen LogP contribution in [0.4, 0.5) is 0 Å². The standard InChI is InChI=1S/C13H12N4O2/c1-2-16-7-6-11(15-16)17-8-14-10-5-3-4-9(12(10)17)13(18)19/h3-8H,2H2,1H3,(H,18,19). The average molecular weight is 256 g/mol. The van der Waals surface area contributed by atoms with Gasteiger partial charge in [-0.2, -0.15) is 5.10 Å². The first-order chi connectivity index (χ1) is 9.20. The second kappa shape index (κ2) is 4.24. The number of benzene rings is 1. The van der Waals surface area contributed by atoms with Gasteiger partial charge < -0.3 is 5.11 Å². The van der Waals surface area contributed by atoms with Crippen LogP contribution in [0.5, 0.6) is 0 Å². The normalized spacial score (nSPS) is 11.0. The van der Waals surface area contributed by atoms with Crippen molar-refractivity contribution in [1.29, 1.82) is 0 Å². The number of carboxylic acids is 1. The van der Waals surface area contributed by atoms with Crippen LogP contribution in [0.3, 0.4) is 0 Å². The summed E-state index contributed by atoms with van der Waals surface area (Å²) in [5.74, 6) is -0.305. The lowest BCUT2D eigenvalue weighted by atomic mass is 10.2. The highest BCUT2D eigenvalue weighted by Crippen LogP contribution is 2.21. The lowest BCUT2D eigenvalue weighted by Gasteiger charge is -2.03. The number of nitrogens with zero attached hydrogens (tertiary/aromatic N) is 4. The van der Waals surface area contributed by atoms with E-state index in [-0.39, 0.29) is 5.56 Å². The molecule has 0 unspecified atom stereocenters. The Balaban J connectivity index is 2.26. The Labute approximate surface area is 108 Å². The molecule has 0 bridgehead atoms. The highest BCUT2D eigenvalue weighted by molar-refractivity contribution is 6.01. The molecule has 1 aromatic carbocycles. The van der Waals surface area contributed by atoms with Gasteiger partial charge in [0.05, 0.1) is 16.6 Å². The van der Waals surface area contributed by atoms with Gasteiger partial charge in [-0.3, -0.25) is 9.25 Å². The maximum Gasteiger partial charge on any atom is 0.337 e. The van der Waals surface area contributed by atoms with Crippen LogP contribution in [0.2, 0.25) is 0 Å². The molecule has 96 valence electrons.